The van der Waals surface area contributed by atoms with Gasteiger partial charge in [0, 0.05) is 35.8 Å². The second-order valence-electron chi connectivity index (χ2n) is 15.5. The molecule has 4 heterocycles. The van der Waals surface area contributed by atoms with Gasteiger partial charge in [-0.25, -0.2) is 0 Å². The average molecular weight is 730 g/mol. The van der Waals surface area contributed by atoms with Crippen LogP contribution in [0.2, 0.25) is 18.6 Å². The third kappa shape index (κ3) is 5.61. The number of ether oxygens (including phenoxy) is 2. The third-order valence-electron chi connectivity index (χ3n) is 12.4. The van der Waals surface area contributed by atoms with Crippen molar-refractivity contribution in [1.29, 1.82) is 0 Å². The monoisotopic (exact) mass is 729 g/mol. The first-order valence-electron chi connectivity index (χ1n) is 18.8. The van der Waals surface area contributed by atoms with E-state index < -0.39 is 19.8 Å². The molecule has 4 aliphatic rings. The van der Waals surface area contributed by atoms with Gasteiger partial charge in [0.05, 0.1) is 51.7 Å². The Bertz CT molecular complexity index is 2050. The molecule has 4 aromatic rings. The fraction of sp³-hybridized carbons (Fsp3) is 0.372. The van der Waals surface area contributed by atoms with Gasteiger partial charge in [-0.1, -0.05) is 73.7 Å². The number of benzene rings is 4. The lowest BCUT2D eigenvalue weighted by molar-refractivity contribution is -0.149. The molecular formula is C43H47N3O6Si. The maximum atomic E-state index is 15.4. The first-order valence-corrected chi connectivity index (χ1v) is 21.9. The summed E-state index contributed by atoms with van der Waals surface area (Å²) in [7, 11) is -0.873. The quantitative estimate of drug-likeness (QED) is 0.206. The number of hydrogen-bond acceptors (Lipinski definition) is 6. The average Bonchev–Trinajstić information content (AvgIpc) is 3.85. The van der Waals surface area contributed by atoms with Crippen molar-refractivity contribution >= 4 is 53.7 Å². The van der Waals surface area contributed by atoms with Gasteiger partial charge in [0.1, 0.15) is 5.75 Å². The zero-order valence-electron chi connectivity index (χ0n) is 30.8. The third-order valence-corrected chi connectivity index (χ3v) is 16.7. The molecule has 4 aliphatic heterocycles. The Hall–Kier alpha value is -4.77. The van der Waals surface area contributed by atoms with Crippen LogP contribution in [0.25, 0.3) is 0 Å². The topological polar surface area (TPSA) is 99.6 Å². The van der Waals surface area contributed by atoms with Crippen molar-refractivity contribution in [2.24, 2.45) is 5.92 Å². The molecule has 5 atom stereocenters. The number of para-hydroxylation sites is 2. The fourth-order valence-electron chi connectivity index (χ4n) is 9.75. The molecule has 53 heavy (non-hydrogen) atoms. The molecule has 274 valence electrons. The second-order valence-corrected chi connectivity index (χ2v) is 20.1. The van der Waals surface area contributed by atoms with Crippen LogP contribution in [0, 0.1) is 5.92 Å². The Kier molecular flexibility index (Phi) is 9.03. The van der Waals surface area contributed by atoms with E-state index in [1.165, 1.54) is 5.19 Å². The highest BCUT2D eigenvalue weighted by Crippen LogP contribution is 2.61. The summed E-state index contributed by atoms with van der Waals surface area (Å²) in [4.78, 5) is 48.6. The Balaban J connectivity index is 1.29. The maximum Gasteiger partial charge on any atom is 0.268 e. The van der Waals surface area contributed by atoms with E-state index in [1.807, 2.05) is 78.9 Å². The number of carbonyl (C=O) groups excluding carboxylic acids is 3. The normalized spacial score (nSPS) is 25.3. The summed E-state index contributed by atoms with van der Waals surface area (Å²) in [5, 5.41) is 11.3. The zero-order valence-corrected chi connectivity index (χ0v) is 31.8. The summed E-state index contributed by atoms with van der Waals surface area (Å²) in [5.74, 6) is 0.177. The highest BCUT2D eigenvalue weighted by Gasteiger charge is 2.67. The molecule has 9 nitrogen and oxygen atoms in total. The molecule has 8 rings (SSSR count). The second kappa shape index (κ2) is 13.6. The molecule has 0 bridgehead atoms. The predicted molar refractivity (Wildman–Crippen MR) is 208 cm³/mol. The molecule has 10 heteroatoms. The minimum absolute atomic E-state index is 0.000717. The molecule has 0 aliphatic carbocycles. The predicted octanol–water partition coefficient (Wildman–Crippen LogP) is 6.57. The molecule has 1 spiro atoms. The maximum absolute atomic E-state index is 15.4. The lowest BCUT2D eigenvalue weighted by Gasteiger charge is -2.37. The van der Waals surface area contributed by atoms with Crippen LogP contribution < -0.4 is 19.7 Å². The minimum atomic E-state index is -2.53. The molecule has 4 aromatic carbocycles. The first-order chi connectivity index (χ1) is 25.6. The van der Waals surface area contributed by atoms with E-state index >= 15 is 4.79 Å². The number of amides is 3. The Morgan fingerprint density at radius 3 is 2.38 bits per heavy atom. The number of aliphatic hydroxyl groups is 1. The summed E-state index contributed by atoms with van der Waals surface area (Å²) in [6.45, 7) is 7.24. The summed E-state index contributed by atoms with van der Waals surface area (Å²) >= 11 is 0. The van der Waals surface area contributed by atoms with Gasteiger partial charge in [0.25, 0.3) is 5.91 Å². The number of aliphatic hydroxyl groups excluding tert-OH is 1. The standard InChI is InChI=1S/C43H47N3O6Si/c1-28-41(53(3,4)34-20-18-33(51-2)19-21-34)38(26-40(49)44-24-10-14-32(44)27-47)52-43(28)35-25-31(45-36-15-9-8-11-29(36)16-23-39(45)48)17-22-37(35)46(42(43)50)30-12-6-5-7-13-30/h5-9,11-13,15,17-22,25,28,32,38,41,47H,10,14,16,23-24,26-27H2,1-4H3/t28-,32+,38+,41-,43+/m1/s1. The van der Waals surface area contributed by atoms with Gasteiger partial charge in [-0.3, -0.25) is 24.2 Å². The summed E-state index contributed by atoms with van der Waals surface area (Å²) < 4.78 is 12.8. The van der Waals surface area contributed by atoms with Gasteiger partial charge in [-0.2, -0.15) is 0 Å². The van der Waals surface area contributed by atoms with E-state index in [4.69, 9.17) is 9.47 Å². The molecule has 0 saturated carbocycles. The number of methoxy groups -OCH3 is 1. The van der Waals surface area contributed by atoms with Crippen LogP contribution in [-0.4, -0.2) is 68.2 Å². The highest BCUT2D eigenvalue weighted by atomic mass is 28.3. The van der Waals surface area contributed by atoms with Crippen LogP contribution >= 0.6 is 0 Å². The van der Waals surface area contributed by atoms with E-state index in [0.29, 0.717) is 36.3 Å². The van der Waals surface area contributed by atoms with Crippen LogP contribution in [0.15, 0.2) is 97.1 Å². The number of nitrogens with zero attached hydrogens (tertiary/aromatic N) is 3. The number of carbonyl (C=O) groups is 3. The van der Waals surface area contributed by atoms with Crippen molar-refractivity contribution in [2.75, 3.05) is 30.1 Å². The summed E-state index contributed by atoms with van der Waals surface area (Å²) in [5.41, 5.74) is 3.21. The summed E-state index contributed by atoms with van der Waals surface area (Å²) in [6.07, 6.45) is 2.21. The molecule has 3 amide bonds. The van der Waals surface area contributed by atoms with Gasteiger partial charge < -0.3 is 19.5 Å². The smallest absolute Gasteiger partial charge is 0.268 e. The van der Waals surface area contributed by atoms with Crippen molar-refractivity contribution in [1.82, 2.24) is 4.90 Å². The first kappa shape index (κ1) is 35.3. The van der Waals surface area contributed by atoms with E-state index in [-0.39, 0.29) is 48.3 Å². The van der Waals surface area contributed by atoms with Crippen molar-refractivity contribution in [3.8, 4) is 5.75 Å². The van der Waals surface area contributed by atoms with Crippen molar-refractivity contribution < 1.29 is 29.0 Å². The molecular weight excluding hydrogens is 683 g/mol. The van der Waals surface area contributed by atoms with Crippen LogP contribution in [0.1, 0.15) is 43.7 Å². The van der Waals surface area contributed by atoms with Gasteiger partial charge in [-0.05, 0) is 78.9 Å². The van der Waals surface area contributed by atoms with Gasteiger partial charge in [0.2, 0.25) is 11.8 Å². The number of aryl methyl sites for hydroxylation is 1. The highest BCUT2D eigenvalue weighted by molar-refractivity contribution is 6.91. The zero-order chi connectivity index (χ0) is 37.1. The fourth-order valence-corrected chi connectivity index (χ4v) is 13.8. The number of anilines is 4. The van der Waals surface area contributed by atoms with Crippen LogP contribution in [0.5, 0.6) is 5.75 Å². The van der Waals surface area contributed by atoms with E-state index in [2.05, 4.69) is 38.2 Å². The van der Waals surface area contributed by atoms with Crippen LogP contribution in [-0.2, 0) is 31.1 Å². The number of rotatable bonds is 8. The largest absolute Gasteiger partial charge is 0.497 e. The molecule has 1 N–H and O–H groups in total. The lowest BCUT2D eigenvalue weighted by atomic mass is 9.82. The molecule has 2 fully saturated rings. The molecule has 0 aromatic heterocycles. The summed E-state index contributed by atoms with van der Waals surface area (Å²) in [6, 6.07) is 31.4. The van der Waals surface area contributed by atoms with Gasteiger partial charge in [0.15, 0.2) is 5.60 Å². The minimum Gasteiger partial charge on any atom is -0.497 e. The number of likely N-dealkylation sites (tertiary alicyclic amines) is 1. The van der Waals surface area contributed by atoms with E-state index in [9.17, 15) is 14.7 Å². The van der Waals surface area contributed by atoms with E-state index in [1.54, 1.807) is 21.8 Å². The number of hydrogen-bond donors (Lipinski definition) is 1. The van der Waals surface area contributed by atoms with E-state index in [0.717, 1.165) is 35.5 Å². The van der Waals surface area contributed by atoms with Crippen LogP contribution in [0.4, 0.5) is 22.7 Å². The SMILES string of the molecule is COc1ccc([Si](C)(C)[C@H]2[C@H](CC(=O)N3CCC[C@H]3CO)O[C@@]3(C(=O)N(c4ccccc4)c4ccc(N5C(=O)CCc6ccccc65)cc43)[C@@H]2C)cc1. The van der Waals surface area contributed by atoms with Crippen molar-refractivity contribution in [2.45, 2.75) is 75.4 Å². The van der Waals surface area contributed by atoms with Gasteiger partial charge >= 0.3 is 0 Å². The van der Waals surface area contributed by atoms with Crippen molar-refractivity contribution in [3.05, 3.63) is 108 Å². The Labute approximate surface area is 312 Å². The van der Waals surface area contributed by atoms with Crippen LogP contribution in [0.3, 0.4) is 0 Å². The molecule has 2 saturated heterocycles. The molecule has 0 radical (unpaired) electrons. The Morgan fingerprint density at radius 1 is 0.906 bits per heavy atom. The van der Waals surface area contributed by atoms with Crippen molar-refractivity contribution in [3.63, 3.8) is 0 Å². The molecule has 0 unspecified atom stereocenters. The van der Waals surface area contributed by atoms with Gasteiger partial charge in [-0.15, -0.1) is 0 Å². The number of fused-ring (bicyclic) bond motifs is 3. The Morgan fingerprint density at radius 2 is 1.64 bits per heavy atom. The lowest BCUT2D eigenvalue weighted by Crippen LogP contribution is -2.52.